The maximum atomic E-state index is 8.58. The molecule has 0 radical (unpaired) electrons. The maximum absolute atomic E-state index is 8.58. The van der Waals surface area contributed by atoms with Crippen LogP contribution in [0.15, 0.2) is 36.4 Å². The third kappa shape index (κ3) is 6.72. The van der Waals surface area contributed by atoms with E-state index in [0.29, 0.717) is 0 Å². The lowest BCUT2D eigenvalue weighted by Gasteiger charge is -2.32. The van der Waals surface area contributed by atoms with E-state index in [1.807, 2.05) is 0 Å². The molecule has 2 aromatic carbocycles. The van der Waals surface area contributed by atoms with Gasteiger partial charge in [0, 0.05) is 32.7 Å². The first-order valence-corrected chi connectivity index (χ1v) is 12.0. The third-order valence-electron chi connectivity index (χ3n) is 6.50. The number of hydrogen-bond acceptors (Lipinski definition) is 6. The lowest BCUT2D eigenvalue weighted by Crippen LogP contribution is -2.43. The molecule has 1 saturated heterocycles. The second kappa shape index (κ2) is 12.8. The van der Waals surface area contributed by atoms with Gasteiger partial charge in [-0.05, 0) is 73.4 Å². The van der Waals surface area contributed by atoms with Gasteiger partial charge in [0.1, 0.15) is 0 Å². The molecule has 0 spiro atoms. The summed E-state index contributed by atoms with van der Waals surface area (Å²) < 4.78 is 0. The minimum atomic E-state index is 0.250. The summed E-state index contributed by atoms with van der Waals surface area (Å²) in [7, 11) is 2.19. The number of carbonyl (C=O) groups excluding carboxylic acids is 1. The highest BCUT2D eigenvalue weighted by atomic mass is 32.1. The Kier molecular flexibility index (Phi) is 9.87. The highest BCUT2D eigenvalue weighted by Gasteiger charge is 2.23. The van der Waals surface area contributed by atoms with Gasteiger partial charge in [-0.3, -0.25) is 9.69 Å². The van der Waals surface area contributed by atoms with Crippen molar-refractivity contribution < 1.29 is 4.79 Å². The van der Waals surface area contributed by atoms with Crippen molar-refractivity contribution in [1.82, 2.24) is 14.6 Å². The van der Waals surface area contributed by atoms with Gasteiger partial charge in [-0.15, -0.1) is 0 Å². The molecule has 6 nitrogen and oxygen atoms in total. The molecule has 7 heteroatoms. The van der Waals surface area contributed by atoms with Crippen LogP contribution < -0.4 is 16.0 Å². The average molecular weight is 456 g/mol. The number of nitrogens with zero attached hydrogens (tertiary/aromatic N) is 2. The fraction of sp³-hybridized carbons (Fsp3) is 0.480. The molecule has 0 unspecified atom stereocenters. The van der Waals surface area contributed by atoms with Crippen LogP contribution in [0.2, 0.25) is 0 Å². The summed E-state index contributed by atoms with van der Waals surface area (Å²) >= 11 is 4.05. The second-order valence-electron chi connectivity index (χ2n) is 8.67. The van der Waals surface area contributed by atoms with E-state index in [2.05, 4.69) is 82.1 Å². The zero-order chi connectivity index (χ0) is 22.8. The van der Waals surface area contributed by atoms with Crippen LogP contribution in [0.1, 0.15) is 40.7 Å². The molecule has 32 heavy (non-hydrogen) atoms. The van der Waals surface area contributed by atoms with Crippen LogP contribution in [0.4, 0.5) is 5.69 Å². The van der Waals surface area contributed by atoms with Gasteiger partial charge in [0.25, 0.3) is 0 Å². The van der Waals surface area contributed by atoms with Crippen LogP contribution in [-0.4, -0.2) is 49.4 Å². The summed E-state index contributed by atoms with van der Waals surface area (Å²) in [5.41, 5.74) is 16.3. The number of carbonyl (C=O) groups is 1. The molecule has 0 bridgehead atoms. The number of nitrogens with one attached hydrogen (secondary N) is 2. The van der Waals surface area contributed by atoms with Gasteiger partial charge in [-0.1, -0.05) is 49.2 Å². The molecule has 0 saturated carbocycles. The van der Waals surface area contributed by atoms with Gasteiger partial charge in [0.15, 0.2) is 0 Å². The van der Waals surface area contributed by atoms with E-state index in [1.165, 1.54) is 87.1 Å². The van der Waals surface area contributed by atoms with Crippen molar-refractivity contribution in [3.63, 3.8) is 0 Å². The minimum absolute atomic E-state index is 0.250. The third-order valence-corrected chi connectivity index (χ3v) is 6.61. The summed E-state index contributed by atoms with van der Waals surface area (Å²) in [6, 6.07) is 13.2. The van der Waals surface area contributed by atoms with E-state index in [4.69, 9.17) is 4.79 Å². The summed E-state index contributed by atoms with van der Waals surface area (Å²) in [6.07, 6.45) is 7.81. The summed E-state index contributed by atoms with van der Waals surface area (Å²) in [6.45, 7) is 5.91. The Morgan fingerprint density at radius 1 is 0.969 bits per heavy atom. The van der Waals surface area contributed by atoms with Crippen molar-refractivity contribution in [2.75, 3.05) is 38.7 Å². The van der Waals surface area contributed by atoms with E-state index in [1.54, 1.807) is 11.1 Å². The molecule has 3 aliphatic rings. The zero-order valence-electron chi connectivity index (χ0n) is 19.1. The number of likely N-dealkylation sites (N-methyl/N-ethyl adjacent to an activating group) is 1. The maximum Gasteiger partial charge on any atom is 0.204 e. The topological polar surface area (TPSA) is 73.6 Å². The molecule has 0 atom stereocenters. The number of amides is 1. The van der Waals surface area contributed by atoms with Crippen LogP contribution in [0.3, 0.4) is 0 Å². The first kappa shape index (κ1) is 24.6. The fourth-order valence-corrected chi connectivity index (χ4v) is 4.98. The molecule has 4 N–H and O–H groups in total. The summed E-state index contributed by atoms with van der Waals surface area (Å²) in [5, 5.41) is 0. The smallest absolute Gasteiger partial charge is 0.204 e. The molecule has 1 amide bonds. The van der Waals surface area contributed by atoms with E-state index in [9.17, 15) is 0 Å². The number of hydrazine groups is 1. The van der Waals surface area contributed by atoms with Crippen LogP contribution in [-0.2, 0) is 37.0 Å². The number of primary amides is 1. The van der Waals surface area contributed by atoms with Gasteiger partial charge in [0.2, 0.25) is 6.41 Å². The number of anilines is 1. The quantitative estimate of drug-likeness (QED) is 0.324. The number of thiol groups is 1. The summed E-state index contributed by atoms with van der Waals surface area (Å²) in [5.74, 6) is 0. The van der Waals surface area contributed by atoms with Crippen molar-refractivity contribution >= 4 is 24.9 Å². The standard InChI is InChI=1S/C12H16N2S.C12H18N2.CH3NO/c15-14-13-12-10-5-1-3-8(10)7-9-4-2-6-11(9)12;1-13-7-9-14(10-8-13)11-12-5-3-2-4-6-12;2-1-3/h7,13-15H,1-6H2;2-6H,7-11H2,1H3;1H,(H2,2,3). The van der Waals surface area contributed by atoms with Gasteiger partial charge >= 0.3 is 0 Å². The molecular formula is C25H37N5OS. The number of nitrogens with two attached hydrogens (primary N) is 1. The van der Waals surface area contributed by atoms with Crippen molar-refractivity contribution in [3.8, 4) is 0 Å². The van der Waals surface area contributed by atoms with Gasteiger partial charge < -0.3 is 16.1 Å². The average Bonchev–Trinajstić information content (AvgIpc) is 3.47. The van der Waals surface area contributed by atoms with Crippen LogP contribution in [0.5, 0.6) is 0 Å². The van der Waals surface area contributed by atoms with Gasteiger partial charge in [-0.25, -0.2) is 0 Å². The van der Waals surface area contributed by atoms with E-state index >= 15 is 0 Å². The van der Waals surface area contributed by atoms with Gasteiger partial charge in [0.05, 0.1) is 5.69 Å². The highest BCUT2D eigenvalue weighted by Crippen LogP contribution is 2.38. The molecule has 1 heterocycles. The lowest BCUT2D eigenvalue weighted by molar-refractivity contribution is -0.106. The first-order valence-electron chi connectivity index (χ1n) is 11.6. The summed E-state index contributed by atoms with van der Waals surface area (Å²) in [4.78, 5) is 16.3. The van der Waals surface area contributed by atoms with E-state index in [0.717, 1.165) is 6.54 Å². The second-order valence-corrected chi connectivity index (χ2v) is 8.90. The molecule has 5 rings (SSSR count). The van der Waals surface area contributed by atoms with Crippen LogP contribution in [0.25, 0.3) is 0 Å². The number of aryl methyl sites for hydroxylation is 2. The largest absolute Gasteiger partial charge is 0.372 e. The minimum Gasteiger partial charge on any atom is -0.372 e. The Labute approximate surface area is 198 Å². The Bertz CT molecular complexity index is 821. The monoisotopic (exact) mass is 455 g/mol. The fourth-order valence-electron chi connectivity index (χ4n) is 4.87. The van der Waals surface area contributed by atoms with Crippen molar-refractivity contribution in [3.05, 3.63) is 64.2 Å². The predicted molar refractivity (Wildman–Crippen MR) is 136 cm³/mol. The zero-order valence-corrected chi connectivity index (χ0v) is 20.0. The number of hydrogen-bond donors (Lipinski definition) is 4. The molecule has 1 aliphatic heterocycles. The molecule has 174 valence electrons. The van der Waals surface area contributed by atoms with Crippen LogP contribution >= 0.6 is 12.8 Å². The predicted octanol–water partition coefficient (Wildman–Crippen LogP) is 2.96. The number of rotatable bonds is 4. The first-order chi connectivity index (χ1) is 15.7. The van der Waals surface area contributed by atoms with Gasteiger partial charge in [-0.2, -0.15) is 4.83 Å². The van der Waals surface area contributed by atoms with Crippen LogP contribution in [0, 0.1) is 0 Å². The Morgan fingerprint density at radius 3 is 2.06 bits per heavy atom. The van der Waals surface area contributed by atoms with Crippen molar-refractivity contribution in [2.45, 2.75) is 45.1 Å². The highest BCUT2D eigenvalue weighted by molar-refractivity contribution is 7.78. The lowest BCUT2D eigenvalue weighted by atomic mass is 9.99. The Hall–Kier alpha value is -2.06. The Morgan fingerprint density at radius 2 is 1.53 bits per heavy atom. The van der Waals surface area contributed by atoms with E-state index in [-0.39, 0.29) is 6.41 Å². The van der Waals surface area contributed by atoms with E-state index < -0.39 is 0 Å². The molecule has 1 fully saturated rings. The van der Waals surface area contributed by atoms with Crippen molar-refractivity contribution in [1.29, 1.82) is 0 Å². The molecule has 2 aliphatic carbocycles. The Balaban J connectivity index is 0.000000162. The number of benzene rings is 2. The van der Waals surface area contributed by atoms with Crippen molar-refractivity contribution in [2.24, 2.45) is 5.73 Å². The molecule has 0 aromatic heterocycles. The number of piperazine rings is 1. The molecular weight excluding hydrogens is 418 g/mol. The molecule has 2 aromatic rings. The SMILES string of the molecule is CN1CCN(Cc2ccccc2)CC1.NC=O.SNNc1c2c(cc3c1CCC3)CCC2. The number of fused-ring (bicyclic) bond motifs is 2. The normalized spacial score (nSPS) is 17.3.